The summed E-state index contributed by atoms with van der Waals surface area (Å²) in [6, 6.07) is 3.78. The van der Waals surface area contributed by atoms with Gasteiger partial charge in [-0.25, -0.2) is 4.98 Å². The smallest absolute Gasteiger partial charge is 0.129 e. The Morgan fingerprint density at radius 3 is 3.00 bits per heavy atom. The lowest BCUT2D eigenvalue weighted by molar-refractivity contribution is 0.111. The molecule has 2 heterocycles. The molecule has 1 saturated heterocycles. The van der Waals surface area contributed by atoms with E-state index in [1.807, 2.05) is 6.07 Å². The van der Waals surface area contributed by atoms with Gasteiger partial charge in [0.25, 0.3) is 0 Å². The van der Waals surface area contributed by atoms with Gasteiger partial charge in [0.05, 0.1) is 6.10 Å². The molecule has 3 heteroatoms. The highest BCUT2D eigenvalue weighted by Crippen LogP contribution is 2.27. The SMILES string of the molecule is Clc1ccc(C2CCCO2)cn1. The van der Waals surface area contributed by atoms with E-state index >= 15 is 0 Å². The van der Waals surface area contributed by atoms with Crippen molar-refractivity contribution in [3.05, 3.63) is 29.0 Å². The molecule has 2 nitrogen and oxygen atoms in total. The van der Waals surface area contributed by atoms with Gasteiger partial charge in [-0.1, -0.05) is 17.7 Å². The van der Waals surface area contributed by atoms with E-state index in [4.69, 9.17) is 16.3 Å². The van der Waals surface area contributed by atoms with E-state index in [0.717, 1.165) is 25.0 Å². The van der Waals surface area contributed by atoms with Crippen LogP contribution in [-0.4, -0.2) is 11.6 Å². The van der Waals surface area contributed by atoms with Crippen molar-refractivity contribution >= 4 is 11.6 Å². The molecule has 0 saturated carbocycles. The minimum atomic E-state index is 0.245. The number of ether oxygens (including phenoxy) is 1. The number of hydrogen-bond acceptors (Lipinski definition) is 2. The van der Waals surface area contributed by atoms with Crippen LogP contribution in [0, 0.1) is 0 Å². The zero-order valence-corrected chi connectivity index (χ0v) is 7.42. The maximum atomic E-state index is 5.67. The average molecular weight is 184 g/mol. The van der Waals surface area contributed by atoms with E-state index < -0.39 is 0 Å². The molecule has 0 radical (unpaired) electrons. The molecule has 2 rings (SSSR count). The van der Waals surface area contributed by atoms with Crippen LogP contribution in [0.3, 0.4) is 0 Å². The first-order chi connectivity index (χ1) is 5.86. The first-order valence-corrected chi connectivity index (χ1v) is 4.47. The van der Waals surface area contributed by atoms with Gasteiger partial charge in [0.1, 0.15) is 5.15 Å². The fraction of sp³-hybridized carbons (Fsp3) is 0.444. The van der Waals surface area contributed by atoms with E-state index in [1.54, 1.807) is 12.3 Å². The summed E-state index contributed by atoms with van der Waals surface area (Å²) < 4.78 is 5.50. The van der Waals surface area contributed by atoms with Crippen molar-refractivity contribution in [2.24, 2.45) is 0 Å². The molecule has 64 valence electrons. The number of hydrogen-bond donors (Lipinski definition) is 0. The minimum Gasteiger partial charge on any atom is -0.373 e. The van der Waals surface area contributed by atoms with E-state index in [-0.39, 0.29) is 6.10 Å². The summed E-state index contributed by atoms with van der Waals surface area (Å²) in [6.07, 6.45) is 4.28. The van der Waals surface area contributed by atoms with Crippen molar-refractivity contribution in [1.29, 1.82) is 0 Å². The quantitative estimate of drug-likeness (QED) is 0.625. The Morgan fingerprint density at radius 1 is 1.50 bits per heavy atom. The molecule has 0 spiro atoms. The Hall–Kier alpha value is -0.600. The van der Waals surface area contributed by atoms with Crippen molar-refractivity contribution in [1.82, 2.24) is 4.98 Å². The van der Waals surface area contributed by atoms with Crippen LogP contribution in [0.15, 0.2) is 18.3 Å². The largest absolute Gasteiger partial charge is 0.373 e. The van der Waals surface area contributed by atoms with Gasteiger partial charge in [-0.3, -0.25) is 0 Å². The van der Waals surface area contributed by atoms with Crippen LogP contribution in [0.5, 0.6) is 0 Å². The minimum absolute atomic E-state index is 0.245. The van der Waals surface area contributed by atoms with Crippen molar-refractivity contribution in [3.63, 3.8) is 0 Å². The van der Waals surface area contributed by atoms with Gasteiger partial charge in [0, 0.05) is 12.8 Å². The molecule has 1 aromatic rings. The Kier molecular flexibility index (Phi) is 2.28. The monoisotopic (exact) mass is 183 g/mol. The van der Waals surface area contributed by atoms with Gasteiger partial charge in [0.15, 0.2) is 0 Å². The van der Waals surface area contributed by atoms with E-state index in [0.29, 0.717) is 5.15 Å². The third-order valence-electron chi connectivity index (χ3n) is 2.05. The summed E-state index contributed by atoms with van der Waals surface area (Å²) in [5.74, 6) is 0. The molecule has 1 atom stereocenters. The Balaban J connectivity index is 2.17. The average Bonchev–Trinajstić information content (AvgIpc) is 2.58. The normalized spacial score (nSPS) is 22.9. The summed E-state index contributed by atoms with van der Waals surface area (Å²) in [6.45, 7) is 0.868. The molecule has 1 aliphatic rings. The van der Waals surface area contributed by atoms with Gasteiger partial charge in [-0.15, -0.1) is 0 Å². The van der Waals surface area contributed by atoms with Crippen LogP contribution in [0.25, 0.3) is 0 Å². The number of halogens is 1. The van der Waals surface area contributed by atoms with Crippen LogP contribution in [-0.2, 0) is 4.74 Å². The highest BCUT2D eigenvalue weighted by Gasteiger charge is 2.17. The van der Waals surface area contributed by atoms with Gasteiger partial charge in [0.2, 0.25) is 0 Å². The van der Waals surface area contributed by atoms with Gasteiger partial charge >= 0.3 is 0 Å². The lowest BCUT2D eigenvalue weighted by Crippen LogP contribution is -1.95. The second-order valence-electron chi connectivity index (χ2n) is 2.92. The van der Waals surface area contributed by atoms with Gasteiger partial charge in [-0.2, -0.15) is 0 Å². The fourth-order valence-electron chi connectivity index (χ4n) is 1.42. The summed E-state index contributed by atoms with van der Waals surface area (Å²) in [7, 11) is 0. The lowest BCUT2D eigenvalue weighted by atomic mass is 10.1. The van der Waals surface area contributed by atoms with E-state index in [2.05, 4.69) is 4.98 Å². The molecule has 1 aliphatic heterocycles. The zero-order valence-electron chi connectivity index (χ0n) is 6.66. The van der Waals surface area contributed by atoms with E-state index in [1.165, 1.54) is 0 Å². The topological polar surface area (TPSA) is 22.1 Å². The van der Waals surface area contributed by atoms with Crippen LogP contribution in [0.4, 0.5) is 0 Å². The van der Waals surface area contributed by atoms with E-state index in [9.17, 15) is 0 Å². The highest BCUT2D eigenvalue weighted by atomic mass is 35.5. The molecular formula is C9H10ClNO. The second-order valence-corrected chi connectivity index (χ2v) is 3.30. The van der Waals surface area contributed by atoms with Gasteiger partial charge < -0.3 is 4.74 Å². The molecule has 0 aromatic carbocycles. The third-order valence-corrected chi connectivity index (χ3v) is 2.28. The third kappa shape index (κ3) is 1.59. The maximum absolute atomic E-state index is 5.67. The second kappa shape index (κ2) is 3.42. The number of rotatable bonds is 1. The molecule has 1 fully saturated rings. The Morgan fingerprint density at radius 2 is 2.42 bits per heavy atom. The van der Waals surface area contributed by atoms with Crippen molar-refractivity contribution in [2.75, 3.05) is 6.61 Å². The fourth-order valence-corrected chi connectivity index (χ4v) is 1.53. The molecule has 0 amide bonds. The Labute approximate surface area is 76.5 Å². The zero-order chi connectivity index (χ0) is 8.39. The molecule has 12 heavy (non-hydrogen) atoms. The van der Waals surface area contributed by atoms with Crippen LogP contribution >= 0.6 is 11.6 Å². The van der Waals surface area contributed by atoms with Crippen molar-refractivity contribution in [2.45, 2.75) is 18.9 Å². The molecule has 1 unspecified atom stereocenters. The molecule has 0 aliphatic carbocycles. The van der Waals surface area contributed by atoms with Crippen LogP contribution in [0.2, 0.25) is 5.15 Å². The first-order valence-electron chi connectivity index (χ1n) is 4.09. The molecule has 0 N–H and O–H groups in total. The Bertz CT molecular complexity index is 254. The number of aromatic nitrogens is 1. The highest BCUT2D eigenvalue weighted by molar-refractivity contribution is 6.29. The first kappa shape index (κ1) is 8.02. The molecule has 0 bridgehead atoms. The number of pyridine rings is 1. The van der Waals surface area contributed by atoms with Crippen molar-refractivity contribution in [3.8, 4) is 0 Å². The summed E-state index contributed by atoms with van der Waals surface area (Å²) in [4.78, 5) is 4.01. The summed E-state index contributed by atoms with van der Waals surface area (Å²) in [5.41, 5.74) is 1.14. The molecule has 1 aromatic heterocycles. The predicted molar refractivity (Wildman–Crippen MR) is 47.2 cm³/mol. The summed E-state index contributed by atoms with van der Waals surface area (Å²) >= 11 is 5.67. The van der Waals surface area contributed by atoms with Crippen LogP contribution < -0.4 is 0 Å². The van der Waals surface area contributed by atoms with Gasteiger partial charge in [-0.05, 0) is 24.5 Å². The standard InChI is InChI=1S/C9H10ClNO/c10-9-4-3-7(6-11-9)8-2-1-5-12-8/h3-4,6,8H,1-2,5H2. The van der Waals surface area contributed by atoms with Crippen LogP contribution in [0.1, 0.15) is 24.5 Å². The maximum Gasteiger partial charge on any atom is 0.129 e. The van der Waals surface area contributed by atoms with Crippen molar-refractivity contribution < 1.29 is 4.74 Å². The number of nitrogens with zero attached hydrogens (tertiary/aromatic N) is 1. The predicted octanol–water partition coefficient (Wildman–Crippen LogP) is 2.59. The lowest BCUT2D eigenvalue weighted by Gasteiger charge is -2.07. The summed E-state index contributed by atoms with van der Waals surface area (Å²) in [5, 5.41) is 0.539. The molecular weight excluding hydrogens is 174 g/mol.